The molecule has 2 aromatic carbocycles. The number of fused-ring (bicyclic) bond motifs is 1. The molecule has 0 bridgehead atoms. The molecule has 2 aromatic rings. The fraction of sp³-hybridized carbons (Fsp3) is 0.350. The second-order valence-corrected chi connectivity index (χ2v) is 6.71. The van der Waals surface area contributed by atoms with Crippen LogP contribution in [0.15, 0.2) is 54.6 Å². The Kier molecular flexibility index (Phi) is 3.68. The number of hydrogen-bond donors (Lipinski definition) is 0. The van der Waals surface area contributed by atoms with E-state index in [1.54, 1.807) is 7.11 Å². The fourth-order valence-electron chi connectivity index (χ4n) is 3.80. The number of nitrogens with zero attached hydrogens (tertiary/aromatic N) is 1. The minimum absolute atomic E-state index is 0.123. The molecule has 1 aliphatic carbocycles. The molecule has 124 valence electrons. The van der Waals surface area contributed by atoms with E-state index in [1.807, 2.05) is 47.4 Å². The van der Waals surface area contributed by atoms with Gasteiger partial charge in [0.05, 0.1) is 7.11 Å². The number of carbonyl (C=O) groups excluding carboxylic acids is 1. The van der Waals surface area contributed by atoms with E-state index in [2.05, 4.69) is 12.1 Å². The Morgan fingerprint density at radius 3 is 2.62 bits per heavy atom. The van der Waals surface area contributed by atoms with E-state index in [9.17, 15) is 4.79 Å². The molecule has 4 rings (SSSR count). The van der Waals surface area contributed by atoms with Crippen molar-refractivity contribution in [3.05, 3.63) is 65.7 Å². The first-order valence-electron chi connectivity index (χ1n) is 8.31. The van der Waals surface area contributed by atoms with Crippen LogP contribution >= 0.6 is 0 Å². The van der Waals surface area contributed by atoms with Gasteiger partial charge in [0.2, 0.25) is 0 Å². The van der Waals surface area contributed by atoms with Gasteiger partial charge in [0.25, 0.3) is 0 Å². The van der Waals surface area contributed by atoms with Gasteiger partial charge in [-0.3, -0.25) is 0 Å². The quantitative estimate of drug-likeness (QED) is 0.863. The Labute approximate surface area is 142 Å². The smallest absolute Gasteiger partial charge is 0.410 e. The summed E-state index contributed by atoms with van der Waals surface area (Å²) in [5.74, 6) is 1.42. The van der Waals surface area contributed by atoms with Gasteiger partial charge in [-0.2, -0.15) is 0 Å². The third-order valence-electron chi connectivity index (χ3n) is 5.27. The summed E-state index contributed by atoms with van der Waals surface area (Å²) < 4.78 is 10.7. The maximum Gasteiger partial charge on any atom is 0.410 e. The van der Waals surface area contributed by atoms with E-state index >= 15 is 0 Å². The van der Waals surface area contributed by atoms with E-state index in [-0.39, 0.29) is 11.5 Å². The van der Waals surface area contributed by atoms with Crippen molar-refractivity contribution in [2.45, 2.75) is 18.4 Å². The highest BCUT2D eigenvalue weighted by Crippen LogP contribution is 2.59. The summed E-state index contributed by atoms with van der Waals surface area (Å²) in [5, 5.41) is 0. The van der Waals surface area contributed by atoms with Crippen molar-refractivity contribution < 1.29 is 14.3 Å². The van der Waals surface area contributed by atoms with Gasteiger partial charge in [-0.05, 0) is 35.6 Å². The SMILES string of the molecule is COc1ccc([C@]23CC2CN(C(=O)OCc2ccccc2)C3)cc1. The lowest BCUT2D eigenvalue weighted by atomic mass is 9.95. The monoisotopic (exact) mass is 323 g/mol. The van der Waals surface area contributed by atoms with E-state index < -0.39 is 0 Å². The highest BCUT2D eigenvalue weighted by atomic mass is 16.6. The molecule has 1 aliphatic heterocycles. The number of likely N-dealkylation sites (tertiary alicyclic amines) is 1. The van der Waals surface area contributed by atoms with Crippen molar-refractivity contribution in [2.24, 2.45) is 5.92 Å². The lowest BCUT2D eigenvalue weighted by Crippen LogP contribution is -2.33. The zero-order valence-corrected chi connectivity index (χ0v) is 13.8. The molecule has 1 heterocycles. The maximum absolute atomic E-state index is 12.3. The third-order valence-corrected chi connectivity index (χ3v) is 5.27. The van der Waals surface area contributed by atoms with Crippen LogP contribution in [0.3, 0.4) is 0 Å². The van der Waals surface area contributed by atoms with Crippen molar-refractivity contribution >= 4 is 6.09 Å². The van der Waals surface area contributed by atoms with Crippen LogP contribution in [0, 0.1) is 5.92 Å². The largest absolute Gasteiger partial charge is 0.497 e. The lowest BCUT2D eigenvalue weighted by Gasteiger charge is -2.21. The van der Waals surface area contributed by atoms with Gasteiger partial charge < -0.3 is 14.4 Å². The van der Waals surface area contributed by atoms with Crippen LogP contribution in [0.25, 0.3) is 0 Å². The first-order valence-corrected chi connectivity index (χ1v) is 8.31. The van der Waals surface area contributed by atoms with Gasteiger partial charge in [0.1, 0.15) is 12.4 Å². The first-order chi connectivity index (χ1) is 11.7. The van der Waals surface area contributed by atoms with Gasteiger partial charge in [-0.1, -0.05) is 42.5 Å². The summed E-state index contributed by atoms with van der Waals surface area (Å²) in [6, 6.07) is 18.0. The number of piperidine rings is 1. The summed E-state index contributed by atoms with van der Waals surface area (Å²) in [6.07, 6.45) is 0.945. The van der Waals surface area contributed by atoms with Gasteiger partial charge in [0.15, 0.2) is 0 Å². The second-order valence-electron chi connectivity index (χ2n) is 6.71. The van der Waals surface area contributed by atoms with Gasteiger partial charge in [-0.25, -0.2) is 4.79 Å². The van der Waals surface area contributed by atoms with Crippen molar-refractivity contribution in [2.75, 3.05) is 20.2 Å². The van der Waals surface area contributed by atoms with Crippen LogP contribution in [0.5, 0.6) is 5.75 Å². The molecule has 4 nitrogen and oxygen atoms in total. The lowest BCUT2D eigenvalue weighted by molar-refractivity contribution is 0.0997. The molecule has 0 radical (unpaired) electrons. The highest BCUT2D eigenvalue weighted by Gasteiger charge is 2.61. The van der Waals surface area contributed by atoms with E-state index in [1.165, 1.54) is 5.56 Å². The molecule has 2 atom stereocenters. The van der Waals surface area contributed by atoms with Crippen LogP contribution in [-0.2, 0) is 16.8 Å². The molecule has 2 aliphatic rings. The first kappa shape index (κ1) is 15.1. The van der Waals surface area contributed by atoms with Crippen LogP contribution in [0.2, 0.25) is 0 Å². The molecule has 0 spiro atoms. The summed E-state index contributed by atoms with van der Waals surface area (Å²) in [6.45, 7) is 1.87. The molecule has 1 saturated carbocycles. The average Bonchev–Trinajstić information content (AvgIpc) is 3.22. The summed E-state index contributed by atoms with van der Waals surface area (Å²) in [7, 11) is 1.67. The van der Waals surface area contributed by atoms with Gasteiger partial charge >= 0.3 is 6.09 Å². The van der Waals surface area contributed by atoms with Crippen LogP contribution < -0.4 is 4.74 Å². The Bertz CT molecular complexity index is 728. The van der Waals surface area contributed by atoms with Crippen LogP contribution in [-0.4, -0.2) is 31.2 Å². The number of carbonyl (C=O) groups is 1. The van der Waals surface area contributed by atoms with Gasteiger partial charge in [-0.15, -0.1) is 0 Å². The summed E-state index contributed by atoms with van der Waals surface area (Å²) in [5.41, 5.74) is 2.43. The summed E-state index contributed by atoms with van der Waals surface area (Å²) >= 11 is 0. The van der Waals surface area contributed by atoms with E-state index in [0.29, 0.717) is 12.5 Å². The van der Waals surface area contributed by atoms with Crippen molar-refractivity contribution in [3.63, 3.8) is 0 Å². The number of benzene rings is 2. The normalized spacial score (nSPS) is 24.4. The predicted molar refractivity (Wildman–Crippen MR) is 91.0 cm³/mol. The number of methoxy groups -OCH3 is 1. The average molecular weight is 323 g/mol. The van der Waals surface area contributed by atoms with Crippen LogP contribution in [0.4, 0.5) is 4.79 Å². The molecule has 1 unspecified atom stereocenters. The molecule has 4 heteroatoms. The molecular formula is C20H21NO3. The second kappa shape index (κ2) is 5.86. The molecule has 2 fully saturated rings. The Hall–Kier alpha value is -2.49. The number of rotatable bonds is 4. The molecule has 1 amide bonds. The minimum atomic E-state index is -0.209. The Morgan fingerprint density at radius 1 is 1.17 bits per heavy atom. The zero-order valence-electron chi connectivity index (χ0n) is 13.8. The molecular weight excluding hydrogens is 302 g/mol. The number of ether oxygens (including phenoxy) is 2. The van der Waals surface area contributed by atoms with Crippen molar-refractivity contribution in [1.82, 2.24) is 4.90 Å². The predicted octanol–water partition coefficient (Wildman–Crippen LogP) is 3.61. The highest BCUT2D eigenvalue weighted by molar-refractivity contribution is 5.69. The van der Waals surface area contributed by atoms with E-state index in [4.69, 9.17) is 9.47 Å². The Morgan fingerprint density at radius 2 is 1.92 bits per heavy atom. The van der Waals surface area contributed by atoms with E-state index in [0.717, 1.165) is 30.8 Å². The topological polar surface area (TPSA) is 38.8 Å². The molecule has 1 saturated heterocycles. The van der Waals surface area contributed by atoms with Crippen molar-refractivity contribution in [3.8, 4) is 5.75 Å². The number of hydrogen-bond acceptors (Lipinski definition) is 3. The van der Waals surface area contributed by atoms with Crippen molar-refractivity contribution in [1.29, 1.82) is 0 Å². The Balaban J connectivity index is 1.38. The number of amides is 1. The third kappa shape index (κ3) is 2.62. The summed E-state index contributed by atoms with van der Waals surface area (Å²) in [4.78, 5) is 14.2. The standard InChI is InChI=1S/C20H21NO3/c1-23-18-9-7-16(8-10-18)20-11-17(20)12-21(14-20)19(22)24-13-15-5-3-2-4-6-15/h2-10,17H,11-14H2,1H3/t17?,20-/m1/s1. The molecule has 24 heavy (non-hydrogen) atoms. The zero-order chi connectivity index (χ0) is 16.6. The minimum Gasteiger partial charge on any atom is -0.497 e. The fourth-order valence-corrected chi connectivity index (χ4v) is 3.80. The van der Waals surface area contributed by atoms with Gasteiger partial charge in [0, 0.05) is 18.5 Å². The molecule has 0 N–H and O–H groups in total. The maximum atomic E-state index is 12.3. The van der Waals surface area contributed by atoms with Crippen LogP contribution in [0.1, 0.15) is 17.5 Å². The molecule has 0 aromatic heterocycles.